The Morgan fingerprint density at radius 1 is 0.883 bits per heavy atom. The minimum Gasteiger partial charge on any atom is -0.495 e. The number of esters is 1. The Morgan fingerprint density at radius 2 is 1.57 bits per heavy atom. The molecule has 1 N–H and O–H groups in total. The summed E-state index contributed by atoms with van der Waals surface area (Å²) in [6.45, 7) is 24.3. The molecule has 1 aromatic rings. The van der Waals surface area contributed by atoms with Gasteiger partial charge in [0.05, 0.1) is 29.4 Å². The first kappa shape index (κ1) is 44.7. The highest BCUT2D eigenvalue weighted by Gasteiger charge is 2.72. The highest BCUT2D eigenvalue weighted by Crippen LogP contribution is 2.77. The number of carboxylic acid groups (broad SMARTS) is 1. The van der Waals surface area contributed by atoms with Crippen LogP contribution in [-0.2, 0) is 23.9 Å². The Kier molecular flexibility index (Phi) is 11.8. The zero-order chi connectivity index (χ0) is 43.8. The zero-order valence-corrected chi connectivity index (χ0v) is 38.6. The average Bonchev–Trinajstić information content (AvgIpc) is 3.59. The van der Waals surface area contributed by atoms with Crippen molar-refractivity contribution >= 4 is 41.4 Å². The van der Waals surface area contributed by atoms with Crippen LogP contribution in [0, 0.1) is 62.1 Å². The molecule has 1 aliphatic heterocycles. The number of nitrogens with zero attached hydrogens (tertiary/aromatic N) is 2. The molecule has 0 spiro atoms. The van der Waals surface area contributed by atoms with Gasteiger partial charge in [-0.3, -0.25) is 19.2 Å². The summed E-state index contributed by atoms with van der Waals surface area (Å²) >= 11 is 6.31. The number of rotatable bonds is 9. The fraction of sp³-hybridized carbons (Fsp3) is 0.720. The maximum atomic E-state index is 15.2. The van der Waals surface area contributed by atoms with E-state index in [9.17, 15) is 19.5 Å². The third-order valence-corrected chi connectivity index (χ3v) is 18.6. The summed E-state index contributed by atoms with van der Waals surface area (Å²) in [7, 11) is 1.57. The number of methoxy groups -OCH3 is 1. The molecule has 60 heavy (non-hydrogen) atoms. The molecule has 5 aliphatic carbocycles. The smallest absolute Gasteiger partial charge is 0.309 e. The molecule has 6 fully saturated rings. The maximum absolute atomic E-state index is 15.2. The Hall–Kier alpha value is -3.33. The van der Waals surface area contributed by atoms with E-state index in [2.05, 4.69) is 53.0 Å². The summed E-state index contributed by atoms with van der Waals surface area (Å²) in [6, 6.07) is 5.45. The van der Waals surface area contributed by atoms with E-state index in [0.717, 1.165) is 69.8 Å². The van der Waals surface area contributed by atoms with Crippen molar-refractivity contribution in [3.05, 3.63) is 47.0 Å². The van der Waals surface area contributed by atoms with E-state index in [1.54, 1.807) is 45.2 Å². The van der Waals surface area contributed by atoms with Gasteiger partial charge in [-0.05, 0) is 155 Å². The predicted octanol–water partition coefficient (Wildman–Crippen LogP) is 10.1. The molecule has 9 nitrogen and oxygen atoms in total. The highest BCUT2D eigenvalue weighted by molar-refractivity contribution is 6.32. The second kappa shape index (κ2) is 15.8. The summed E-state index contributed by atoms with van der Waals surface area (Å²) in [5.74, 6) is 1.31. The van der Waals surface area contributed by atoms with Crippen LogP contribution < -0.4 is 4.74 Å². The van der Waals surface area contributed by atoms with Crippen LogP contribution >= 0.6 is 11.6 Å². The normalized spacial score (nSPS) is 37.3. The van der Waals surface area contributed by atoms with Crippen molar-refractivity contribution in [3.63, 3.8) is 0 Å². The Morgan fingerprint density at radius 3 is 2.20 bits per heavy atom. The van der Waals surface area contributed by atoms with E-state index in [4.69, 9.17) is 21.1 Å². The van der Waals surface area contributed by atoms with Crippen molar-refractivity contribution in [3.8, 4) is 5.75 Å². The molecular formula is C50H71ClN2O7. The number of hydrogen-bond donors (Lipinski definition) is 1. The maximum Gasteiger partial charge on any atom is 0.309 e. The summed E-state index contributed by atoms with van der Waals surface area (Å²) in [6.07, 6.45) is 13.1. The second-order valence-electron chi connectivity index (χ2n) is 21.9. The number of aliphatic carboxylic acids is 1. The highest BCUT2D eigenvalue weighted by atomic mass is 35.5. The topological polar surface area (TPSA) is 113 Å². The number of piperazine rings is 1. The molecule has 1 aromatic carbocycles. The minimum absolute atomic E-state index is 0.0622. The van der Waals surface area contributed by atoms with Crippen molar-refractivity contribution in [1.82, 2.24) is 9.80 Å². The van der Waals surface area contributed by atoms with Gasteiger partial charge >= 0.3 is 11.9 Å². The van der Waals surface area contributed by atoms with Crippen LogP contribution in [0.1, 0.15) is 132 Å². The number of hydrogen-bond acceptors (Lipinski definition) is 6. The van der Waals surface area contributed by atoms with E-state index in [1.165, 1.54) is 5.57 Å². The van der Waals surface area contributed by atoms with Gasteiger partial charge in [0, 0.05) is 37.7 Å². The van der Waals surface area contributed by atoms with Crippen LogP contribution in [0.25, 0.3) is 6.08 Å². The number of ether oxygens (including phenoxy) is 2. The molecule has 1 heterocycles. The largest absolute Gasteiger partial charge is 0.495 e. The van der Waals surface area contributed by atoms with Gasteiger partial charge in [-0.25, -0.2) is 0 Å². The standard InChI is InChI=1S/C50H71ClN2O7/c1-31(2)33-17-22-50(43(56)53-27-25-52(26-28-53)40(54)16-12-32-11-14-36(59-10)35(51)29-32)24-23-48(8)34(42(33)50)13-15-38-47(7)20-19-39(60-41(55)30-45(3,4)44(57)58)46(5,6)37(47)18-21-49(38,48)9/h11-12,14,16,29,33-34,37-39,42H,1,13,15,17-28,30H2,2-10H3,(H,57,58)/b16-12+/t33-,34+,37-,38+,39-,42+,47-,48+,49+,50-/m0/s1. The Labute approximate surface area is 364 Å². The SMILES string of the molecule is C=C(C)[C@@H]1CC[C@]2(C(=O)N3CCN(C(=O)/C=C/c4ccc(OC)c(Cl)c4)CC3)CC[C@]3(C)[C@H](CC[C@@H]4[C@@]5(C)CC[C@H](OC(=O)CC(C)(C)C(=O)O)C(C)(C)[C@@H]5CC[C@]43C)[C@@H]12. The van der Waals surface area contributed by atoms with Gasteiger partial charge in [0.25, 0.3) is 0 Å². The van der Waals surface area contributed by atoms with Crippen molar-refractivity contribution in [2.45, 2.75) is 132 Å². The monoisotopic (exact) mass is 846 g/mol. The minimum atomic E-state index is -1.17. The lowest BCUT2D eigenvalue weighted by Crippen LogP contribution is -2.68. The molecule has 6 aliphatic rings. The Bertz CT molecular complexity index is 1930. The number of fused-ring (bicyclic) bond motifs is 7. The lowest BCUT2D eigenvalue weighted by molar-refractivity contribution is -0.250. The zero-order valence-electron chi connectivity index (χ0n) is 37.8. The van der Waals surface area contributed by atoms with Crippen LogP contribution in [0.5, 0.6) is 5.75 Å². The van der Waals surface area contributed by atoms with Gasteiger partial charge in [-0.1, -0.05) is 64.4 Å². The average molecular weight is 848 g/mol. The first-order chi connectivity index (χ1) is 28.1. The summed E-state index contributed by atoms with van der Waals surface area (Å²) in [5.41, 5.74) is 0.465. The molecule has 7 rings (SSSR count). The van der Waals surface area contributed by atoms with Crippen molar-refractivity contribution in [1.29, 1.82) is 0 Å². The van der Waals surface area contributed by atoms with Gasteiger partial charge in [0.1, 0.15) is 11.9 Å². The first-order valence-corrected chi connectivity index (χ1v) is 23.1. The molecule has 0 aromatic heterocycles. The molecule has 0 radical (unpaired) electrons. The number of carbonyl (C=O) groups is 4. The van der Waals surface area contributed by atoms with Gasteiger partial charge in [-0.15, -0.1) is 0 Å². The van der Waals surface area contributed by atoms with Crippen LogP contribution in [0.2, 0.25) is 5.02 Å². The van der Waals surface area contributed by atoms with E-state index >= 15 is 4.79 Å². The number of halogens is 1. The fourth-order valence-electron chi connectivity index (χ4n) is 14.8. The molecule has 0 unspecified atom stereocenters. The lowest BCUT2D eigenvalue weighted by atomic mass is 9.32. The molecule has 10 heteroatoms. The predicted molar refractivity (Wildman–Crippen MR) is 235 cm³/mol. The molecule has 5 saturated carbocycles. The van der Waals surface area contributed by atoms with Crippen molar-refractivity contribution in [2.75, 3.05) is 33.3 Å². The summed E-state index contributed by atoms with van der Waals surface area (Å²) < 4.78 is 11.5. The van der Waals surface area contributed by atoms with Gasteiger partial charge in [0.15, 0.2) is 0 Å². The molecule has 2 amide bonds. The number of allylic oxidation sites excluding steroid dienone is 1. The van der Waals surface area contributed by atoms with Crippen LogP contribution in [-0.4, -0.2) is 78.1 Å². The van der Waals surface area contributed by atoms with Crippen molar-refractivity contribution in [2.24, 2.45) is 62.1 Å². The third kappa shape index (κ3) is 7.12. The van der Waals surface area contributed by atoms with Gasteiger partial charge in [-0.2, -0.15) is 0 Å². The van der Waals surface area contributed by atoms with E-state index in [0.29, 0.717) is 66.5 Å². The summed E-state index contributed by atoms with van der Waals surface area (Å²) in [4.78, 5) is 57.3. The molecular weight excluding hydrogens is 776 g/mol. The molecule has 10 atom stereocenters. The van der Waals surface area contributed by atoms with E-state index < -0.39 is 22.8 Å². The van der Waals surface area contributed by atoms with Gasteiger partial charge < -0.3 is 24.4 Å². The van der Waals surface area contributed by atoms with Gasteiger partial charge in [0.2, 0.25) is 11.8 Å². The molecule has 0 bridgehead atoms. The lowest BCUT2D eigenvalue weighted by Gasteiger charge is -2.73. The third-order valence-electron chi connectivity index (χ3n) is 18.3. The van der Waals surface area contributed by atoms with Crippen LogP contribution in [0.4, 0.5) is 0 Å². The number of carbonyl (C=O) groups excluding carboxylic acids is 3. The fourth-order valence-corrected chi connectivity index (χ4v) is 15.1. The number of carboxylic acids is 1. The quantitative estimate of drug-likeness (QED) is 0.150. The first-order valence-electron chi connectivity index (χ1n) is 22.7. The van der Waals surface area contributed by atoms with Crippen LogP contribution in [0.3, 0.4) is 0 Å². The van der Waals surface area contributed by atoms with E-state index in [-0.39, 0.29) is 46.0 Å². The van der Waals surface area contributed by atoms with Crippen molar-refractivity contribution < 1.29 is 33.8 Å². The molecule has 330 valence electrons. The Balaban J connectivity index is 1.07. The number of benzene rings is 1. The summed E-state index contributed by atoms with van der Waals surface area (Å²) in [5, 5.41) is 10.1. The second-order valence-corrected chi connectivity index (χ2v) is 22.3. The van der Waals surface area contributed by atoms with Crippen LogP contribution in [0.15, 0.2) is 36.4 Å². The number of amides is 2. The van der Waals surface area contributed by atoms with E-state index in [1.807, 2.05) is 11.0 Å². The molecule has 1 saturated heterocycles.